The lowest BCUT2D eigenvalue weighted by atomic mass is 9.56. The summed E-state index contributed by atoms with van der Waals surface area (Å²) < 4.78 is 19.5. The number of carbonyl (C=O) groups is 1. The molecule has 0 amide bonds. The van der Waals surface area contributed by atoms with Crippen LogP contribution < -0.4 is 9.64 Å². The van der Waals surface area contributed by atoms with Gasteiger partial charge in [-0.25, -0.2) is 14.4 Å². The summed E-state index contributed by atoms with van der Waals surface area (Å²) >= 11 is 5.88. The van der Waals surface area contributed by atoms with Crippen molar-refractivity contribution >= 4 is 23.5 Å². The fourth-order valence-electron chi connectivity index (χ4n) is 5.08. The Morgan fingerprint density at radius 2 is 1.94 bits per heavy atom. The van der Waals surface area contributed by atoms with Crippen LogP contribution in [0, 0.1) is 17.2 Å². The van der Waals surface area contributed by atoms with Crippen molar-refractivity contribution < 1.29 is 19.0 Å². The number of hydrogen-bond acceptors (Lipinski definition) is 5. The Morgan fingerprint density at radius 3 is 2.59 bits per heavy atom. The molecule has 1 saturated carbocycles. The Kier molecular flexibility index (Phi) is 7.13. The second kappa shape index (κ2) is 10.0. The third-order valence-corrected chi connectivity index (χ3v) is 6.99. The molecule has 2 aromatic rings. The minimum absolute atomic E-state index is 0.176. The Morgan fingerprint density at radius 1 is 1.22 bits per heavy atom. The molecule has 32 heavy (non-hydrogen) atoms. The second-order valence-corrected chi connectivity index (χ2v) is 9.57. The first kappa shape index (κ1) is 22.8. The highest BCUT2D eigenvalue weighted by atomic mass is 35.5. The fraction of sp³-hybridized carbons (Fsp3) is 0.542. The van der Waals surface area contributed by atoms with Gasteiger partial charge < -0.3 is 14.7 Å². The number of carboxylic acid groups (broad SMARTS) is 1. The van der Waals surface area contributed by atoms with Crippen molar-refractivity contribution in [2.75, 3.05) is 24.6 Å². The fourth-order valence-corrected chi connectivity index (χ4v) is 5.17. The van der Waals surface area contributed by atoms with E-state index in [0.29, 0.717) is 22.8 Å². The van der Waals surface area contributed by atoms with Gasteiger partial charge >= 0.3 is 5.97 Å². The summed E-state index contributed by atoms with van der Waals surface area (Å²) in [5.74, 6) is 0.447. The third-order valence-electron chi connectivity index (χ3n) is 6.80. The van der Waals surface area contributed by atoms with Gasteiger partial charge in [-0.05, 0) is 61.5 Å². The van der Waals surface area contributed by atoms with Crippen molar-refractivity contribution in [3.63, 3.8) is 0 Å². The number of rotatable bonds is 9. The molecular formula is C24H29ClFN3O3. The number of carboxylic acids is 1. The van der Waals surface area contributed by atoms with Crippen LogP contribution in [-0.4, -0.2) is 40.7 Å². The number of ether oxygens (including phenoxy) is 1. The van der Waals surface area contributed by atoms with Gasteiger partial charge in [0.05, 0.1) is 30.4 Å². The topological polar surface area (TPSA) is 75.6 Å². The van der Waals surface area contributed by atoms with Gasteiger partial charge in [-0.15, -0.1) is 0 Å². The van der Waals surface area contributed by atoms with Crippen LogP contribution in [0.15, 0.2) is 30.6 Å². The average molecular weight is 462 g/mol. The van der Waals surface area contributed by atoms with Crippen molar-refractivity contribution in [1.29, 1.82) is 0 Å². The molecule has 172 valence electrons. The molecule has 1 aliphatic carbocycles. The molecule has 2 heterocycles. The Hall–Kier alpha value is -2.41. The number of aliphatic carboxylic acids is 1. The van der Waals surface area contributed by atoms with E-state index < -0.39 is 11.8 Å². The summed E-state index contributed by atoms with van der Waals surface area (Å²) in [4.78, 5) is 21.6. The van der Waals surface area contributed by atoms with Crippen molar-refractivity contribution in [3.8, 4) is 5.75 Å². The lowest BCUT2D eigenvalue weighted by Gasteiger charge is -2.52. The molecule has 1 N–H and O–H groups in total. The largest absolute Gasteiger partial charge is 0.493 e. The smallest absolute Gasteiger partial charge is 0.307 e. The molecule has 1 spiro atoms. The number of benzene rings is 1. The second-order valence-electron chi connectivity index (χ2n) is 9.13. The molecule has 1 aromatic heterocycles. The van der Waals surface area contributed by atoms with E-state index in [1.165, 1.54) is 44.2 Å². The highest BCUT2D eigenvalue weighted by molar-refractivity contribution is 6.30. The zero-order valence-corrected chi connectivity index (χ0v) is 18.9. The predicted octanol–water partition coefficient (Wildman–Crippen LogP) is 5.14. The van der Waals surface area contributed by atoms with E-state index in [9.17, 15) is 9.18 Å². The van der Waals surface area contributed by atoms with Gasteiger partial charge in [0.2, 0.25) is 5.95 Å². The van der Waals surface area contributed by atoms with Crippen molar-refractivity contribution in [2.24, 2.45) is 11.3 Å². The average Bonchev–Trinajstić information content (AvgIpc) is 2.75. The summed E-state index contributed by atoms with van der Waals surface area (Å²) in [6, 6.07) is 4.39. The van der Waals surface area contributed by atoms with Gasteiger partial charge in [0.25, 0.3) is 0 Å². The van der Waals surface area contributed by atoms with E-state index in [1.54, 1.807) is 18.5 Å². The Bertz CT molecular complexity index is 925. The minimum atomic E-state index is -1.04. The van der Waals surface area contributed by atoms with E-state index >= 15 is 0 Å². The summed E-state index contributed by atoms with van der Waals surface area (Å²) in [7, 11) is 0. The van der Waals surface area contributed by atoms with Crippen LogP contribution in [0.1, 0.15) is 50.5 Å². The third kappa shape index (κ3) is 5.68. The standard InChI is InChI=1S/C24H29ClFN3O3/c25-19-15-27-23(28-16-19)29-8-6-24(7-9-29)13-17(14-24)3-1-2-10-32-20-5-4-18(11-22(30)31)21(26)12-20/h4-5,12,15-17H,1-3,6-11,13-14H2,(H,30,31). The van der Waals surface area contributed by atoms with Crippen LogP contribution >= 0.6 is 11.6 Å². The van der Waals surface area contributed by atoms with Gasteiger partial charge in [0.1, 0.15) is 11.6 Å². The molecule has 4 rings (SSSR count). The molecule has 0 bridgehead atoms. The van der Waals surface area contributed by atoms with Crippen molar-refractivity contribution in [2.45, 2.75) is 51.4 Å². The van der Waals surface area contributed by atoms with Gasteiger partial charge in [0, 0.05) is 19.2 Å². The van der Waals surface area contributed by atoms with E-state index in [-0.39, 0.29) is 12.0 Å². The van der Waals surface area contributed by atoms with Gasteiger partial charge in [-0.2, -0.15) is 0 Å². The summed E-state index contributed by atoms with van der Waals surface area (Å²) in [5, 5.41) is 9.34. The Balaban J connectivity index is 1.10. The minimum Gasteiger partial charge on any atom is -0.493 e. The van der Waals surface area contributed by atoms with Crippen LogP contribution in [0.25, 0.3) is 0 Å². The molecule has 1 saturated heterocycles. The molecule has 2 fully saturated rings. The normalized spacial score (nSPS) is 17.9. The zero-order chi connectivity index (χ0) is 22.6. The quantitative estimate of drug-likeness (QED) is 0.521. The van der Waals surface area contributed by atoms with E-state index in [4.69, 9.17) is 21.4 Å². The lowest BCUT2D eigenvalue weighted by molar-refractivity contribution is -0.136. The first-order valence-electron chi connectivity index (χ1n) is 11.3. The number of hydrogen-bond donors (Lipinski definition) is 1. The monoisotopic (exact) mass is 461 g/mol. The molecule has 0 unspecified atom stereocenters. The molecule has 6 nitrogen and oxygen atoms in total. The van der Waals surface area contributed by atoms with Gasteiger partial charge in [-0.3, -0.25) is 4.79 Å². The van der Waals surface area contributed by atoms with Crippen molar-refractivity contribution in [1.82, 2.24) is 9.97 Å². The van der Waals surface area contributed by atoms with E-state index in [1.807, 2.05) is 0 Å². The summed E-state index contributed by atoms with van der Waals surface area (Å²) in [6.45, 7) is 2.56. The SMILES string of the molecule is O=C(O)Cc1ccc(OCCCCC2CC3(CCN(c4ncc(Cl)cn4)CC3)C2)cc1F. The lowest BCUT2D eigenvalue weighted by Crippen LogP contribution is -2.47. The maximum absolute atomic E-state index is 13.9. The van der Waals surface area contributed by atoms with Crippen LogP contribution in [0.3, 0.4) is 0 Å². The molecule has 1 aliphatic heterocycles. The molecule has 0 atom stereocenters. The number of anilines is 1. The number of aromatic nitrogens is 2. The first-order chi connectivity index (χ1) is 15.4. The van der Waals surface area contributed by atoms with Crippen LogP contribution in [-0.2, 0) is 11.2 Å². The maximum Gasteiger partial charge on any atom is 0.307 e. The van der Waals surface area contributed by atoms with Crippen LogP contribution in [0.4, 0.5) is 10.3 Å². The van der Waals surface area contributed by atoms with Gasteiger partial charge in [-0.1, -0.05) is 24.1 Å². The summed E-state index contributed by atoms with van der Waals surface area (Å²) in [5.41, 5.74) is 0.676. The Labute approximate surface area is 192 Å². The first-order valence-corrected chi connectivity index (χ1v) is 11.7. The summed E-state index contributed by atoms with van der Waals surface area (Å²) in [6.07, 6.45) is 11.2. The highest BCUT2D eigenvalue weighted by Gasteiger charge is 2.45. The molecule has 2 aliphatic rings. The number of halogens is 2. The number of piperidine rings is 1. The number of nitrogens with zero attached hydrogens (tertiary/aromatic N) is 3. The maximum atomic E-state index is 13.9. The number of unbranched alkanes of at least 4 members (excludes halogenated alkanes) is 1. The molecule has 8 heteroatoms. The van der Waals surface area contributed by atoms with Crippen LogP contribution in [0.5, 0.6) is 5.75 Å². The highest BCUT2D eigenvalue weighted by Crippen LogP contribution is 2.54. The predicted molar refractivity (Wildman–Crippen MR) is 121 cm³/mol. The molecule has 1 aromatic carbocycles. The van der Waals surface area contributed by atoms with E-state index in [0.717, 1.165) is 37.8 Å². The van der Waals surface area contributed by atoms with Crippen molar-refractivity contribution in [3.05, 3.63) is 47.0 Å². The zero-order valence-electron chi connectivity index (χ0n) is 18.1. The van der Waals surface area contributed by atoms with E-state index in [2.05, 4.69) is 14.9 Å². The van der Waals surface area contributed by atoms with Gasteiger partial charge in [0.15, 0.2) is 0 Å². The molecule has 0 radical (unpaired) electrons. The molecular weight excluding hydrogens is 433 g/mol. The van der Waals surface area contributed by atoms with Crippen LogP contribution in [0.2, 0.25) is 5.02 Å².